The van der Waals surface area contributed by atoms with E-state index in [1.807, 2.05) is 18.2 Å². The lowest BCUT2D eigenvalue weighted by atomic mass is 10.1. The van der Waals surface area contributed by atoms with Gasteiger partial charge in [0.1, 0.15) is 0 Å². The summed E-state index contributed by atoms with van der Waals surface area (Å²) >= 11 is 3.29. The maximum atomic E-state index is 5.59. The molecule has 3 N–H and O–H groups in total. The smallest absolute Gasteiger partial charge is 0.222 e. The predicted octanol–water partition coefficient (Wildman–Crippen LogP) is 2.31. The summed E-state index contributed by atoms with van der Waals surface area (Å²) in [5.74, 6) is 0.617. The van der Waals surface area contributed by atoms with Crippen molar-refractivity contribution in [3.63, 3.8) is 0 Å². The van der Waals surface area contributed by atoms with Gasteiger partial charge in [0.05, 0.1) is 4.47 Å². The molecule has 0 bridgehead atoms. The summed E-state index contributed by atoms with van der Waals surface area (Å²) in [6.07, 6.45) is 3.43. The summed E-state index contributed by atoms with van der Waals surface area (Å²) in [7, 11) is 0. The number of nitrogens with one attached hydrogen (secondary N) is 1. The normalized spacial score (nSPS) is 10.2. The van der Waals surface area contributed by atoms with Crippen LogP contribution in [0.3, 0.4) is 0 Å². The maximum Gasteiger partial charge on any atom is 0.222 e. The summed E-state index contributed by atoms with van der Waals surface area (Å²) in [5, 5.41) is 3.16. The Bertz CT molecular complexity index is 484. The van der Waals surface area contributed by atoms with Crippen molar-refractivity contribution in [1.82, 2.24) is 9.97 Å². The van der Waals surface area contributed by atoms with E-state index in [0.29, 0.717) is 19.0 Å². The van der Waals surface area contributed by atoms with Gasteiger partial charge in [0, 0.05) is 25.5 Å². The Labute approximate surface area is 108 Å². The second kappa shape index (κ2) is 5.75. The van der Waals surface area contributed by atoms with Gasteiger partial charge in [-0.1, -0.05) is 24.3 Å². The zero-order valence-electron chi connectivity index (χ0n) is 9.23. The highest BCUT2D eigenvalue weighted by atomic mass is 79.9. The predicted molar refractivity (Wildman–Crippen MR) is 71.4 cm³/mol. The molecule has 1 aromatic carbocycles. The third-order valence-corrected chi connectivity index (χ3v) is 2.71. The first-order valence-corrected chi connectivity index (χ1v) is 6.06. The van der Waals surface area contributed by atoms with Crippen molar-refractivity contribution in [2.24, 2.45) is 5.73 Å². The number of halogens is 1. The molecule has 2 aromatic rings. The van der Waals surface area contributed by atoms with Gasteiger partial charge in [0.15, 0.2) is 0 Å². The van der Waals surface area contributed by atoms with Crippen LogP contribution in [0.25, 0.3) is 0 Å². The number of anilines is 1. The van der Waals surface area contributed by atoms with Crippen LogP contribution in [0.1, 0.15) is 11.1 Å². The van der Waals surface area contributed by atoms with Crippen molar-refractivity contribution in [1.29, 1.82) is 0 Å². The van der Waals surface area contributed by atoms with Crippen molar-refractivity contribution in [3.8, 4) is 0 Å². The quantitative estimate of drug-likeness (QED) is 0.908. The van der Waals surface area contributed by atoms with Gasteiger partial charge in [0.25, 0.3) is 0 Å². The van der Waals surface area contributed by atoms with Crippen LogP contribution in [0.5, 0.6) is 0 Å². The highest BCUT2D eigenvalue weighted by molar-refractivity contribution is 9.10. The maximum absolute atomic E-state index is 5.59. The summed E-state index contributed by atoms with van der Waals surface area (Å²) in [6, 6.07) is 8.14. The Morgan fingerprint density at radius 1 is 1.18 bits per heavy atom. The van der Waals surface area contributed by atoms with Crippen molar-refractivity contribution in [2.45, 2.75) is 13.1 Å². The van der Waals surface area contributed by atoms with Gasteiger partial charge in [-0.2, -0.15) is 0 Å². The van der Waals surface area contributed by atoms with Gasteiger partial charge in [-0.05, 0) is 27.1 Å². The first-order valence-electron chi connectivity index (χ1n) is 5.27. The lowest BCUT2D eigenvalue weighted by Crippen LogP contribution is -2.04. The van der Waals surface area contributed by atoms with E-state index in [2.05, 4.69) is 37.3 Å². The molecule has 1 aromatic heterocycles. The Morgan fingerprint density at radius 2 is 1.88 bits per heavy atom. The van der Waals surface area contributed by atoms with E-state index in [-0.39, 0.29) is 0 Å². The molecule has 0 spiro atoms. The summed E-state index contributed by atoms with van der Waals surface area (Å²) in [4.78, 5) is 8.28. The SMILES string of the molecule is NCc1cccc(CNc2ncc(Br)cn2)c1. The standard InChI is InChI=1S/C12H13BrN4/c13-11-7-16-12(17-8-11)15-6-10-3-1-2-9(4-10)5-14/h1-4,7-8H,5-6,14H2,(H,15,16,17). The largest absolute Gasteiger partial charge is 0.350 e. The van der Waals surface area contributed by atoms with Gasteiger partial charge in [-0.15, -0.1) is 0 Å². The van der Waals surface area contributed by atoms with Crippen LogP contribution in [0.15, 0.2) is 41.1 Å². The zero-order chi connectivity index (χ0) is 12.1. The van der Waals surface area contributed by atoms with Crippen molar-refractivity contribution in [2.75, 3.05) is 5.32 Å². The van der Waals surface area contributed by atoms with Crippen LogP contribution in [0.4, 0.5) is 5.95 Å². The zero-order valence-corrected chi connectivity index (χ0v) is 10.8. The number of nitrogens with two attached hydrogens (primary N) is 1. The molecule has 2 rings (SSSR count). The number of rotatable bonds is 4. The molecule has 0 fully saturated rings. The number of benzene rings is 1. The minimum Gasteiger partial charge on any atom is -0.350 e. The van der Waals surface area contributed by atoms with Crippen LogP contribution < -0.4 is 11.1 Å². The van der Waals surface area contributed by atoms with E-state index in [1.54, 1.807) is 12.4 Å². The second-order valence-electron chi connectivity index (χ2n) is 3.60. The minimum absolute atomic E-state index is 0.558. The highest BCUT2D eigenvalue weighted by Gasteiger charge is 1.97. The molecule has 5 heteroatoms. The second-order valence-corrected chi connectivity index (χ2v) is 4.52. The minimum atomic E-state index is 0.558. The molecule has 0 aliphatic carbocycles. The van der Waals surface area contributed by atoms with Crippen LogP contribution in [-0.4, -0.2) is 9.97 Å². The molecule has 1 heterocycles. The number of aromatic nitrogens is 2. The fraction of sp³-hybridized carbons (Fsp3) is 0.167. The molecule has 0 unspecified atom stereocenters. The number of nitrogens with zero attached hydrogens (tertiary/aromatic N) is 2. The first-order chi connectivity index (χ1) is 8.28. The van der Waals surface area contributed by atoms with Crippen LogP contribution >= 0.6 is 15.9 Å². The van der Waals surface area contributed by atoms with Gasteiger partial charge >= 0.3 is 0 Å². The molecule has 0 aliphatic heterocycles. The van der Waals surface area contributed by atoms with Crippen LogP contribution in [0.2, 0.25) is 0 Å². The lowest BCUT2D eigenvalue weighted by molar-refractivity contribution is 1.02. The third kappa shape index (κ3) is 3.51. The molecule has 0 atom stereocenters. The summed E-state index contributed by atoms with van der Waals surface area (Å²) in [6.45, 7) is 1.25. The van der Waals surface area contributed by atoms with Crippen LogP contribution in [-0.2, 0) is 13.1 Å². The monoisotopic (exact) mass is 292 g/mol. The molecule has 0 saturated carbocycles. The molecule has 17 heavy (non-hydrogen) atoms. The van der Waals surface area contributed by atoms with E-state index >= 15 is 0 Å². The summed E-state index contributed by atoms with van der Waals surface area (Å²) in [5.41, 5.74) is 7.88. The fourth-order valence-corrected chi connectivity index (χ4v) is 1.66. The van der Waals surface area contributed by atoms with E-state index in [4.69, 9.17) is 5.73 Å². The number of hydrogen-bond acceptors (Lipinski definition) is 4. The summed E-state index contributed by atoms with van der Waals surface area (Å²) < 4.78 is 0.869. The van der Waals surface area contributed by atoms with Crippen molar-refractivity contribution in [3.05, 3.63) is 52.3 Å². The Kier molecular flexibility index (Phi) is 4.06. The Hall–Kier alpha value is -1.46. The van der Waals surface area contributed by atoms with E-state index < -0.39 is 0 Å². The molecule has 0 radical (unpaired) electrons. The van der Waals surface area contributed by atoms with Crippen molar-refractivity contribution >= 4 is 21.9 Å². The average molecular weight is 293 g/mol. The van der Waals surface area contributed by atoms with E-state index in [0.717, 1.165) is 10.0 Å². The first kappa shape index (κ1) is 12.0. The molecule has 0 aliphatic rings. The van der Waals surface area contributed by atoms with Gasteiger partial charge < -0.3 is 11.1 Å². The molecular weight excluding hydrogens is 280 g/mol. The Balaban J connectivity index is 1.99. The highest BCUT2D eigenvalue weighted by Crippen LogP contribution is 2.09. The molecule has 0 amide bonds. The number of hydrogen-bond donors (Lipinski definition) is 2. The Morgan fingerprint density at radius 3 is 2.59 bits per heavy atom. The van der Waals surface area contributed by atoms with Gasteiger partial charge in [-0.25, -0.2) is 9.97 Å². The molecule has 4 nitrogen and oxygen atoms in total. The van der Waals surface area contributed by atoms with Crippen molar-refractivity contribution < 1.29 is 0 Å². The van der Waals surface area contributed by atoms with Gasteiger partial charge in [-0.3, -0.25) is 0 Å². The molecule has 88 valence electrons. The average Bonchev–Trinajstić information content (AvgIpc) is 2.38. The molecule has 0 saturated heterocycles. The fourth-order valence-electron chi connectivity index (χ4n) is 1.45. The molecular formula is C12H13BrN4. The topological polar surface area (TPSA) is 63.8 Å². The van der Waals surface area contributed by atoms with E-state index in [1.165, 1.54) is 5.56 Å². The van der Waals surface area contributed by atoms with E-state index in [9.17, 15) is 0 Å². The van der Waals surface area contributed by atoms with Crippen LogP contribution in [0, 0.1) is 0 Å². The third-order valence-electron chi connectivity index (χ3n) is 2.30. The lowest BCUT2D eigenvalue weighted by Gasteiger charge is -2.06. The van der Waals surface area contributed by atoms with Gasteiger partial charge in [0.2, 0.25) is 5.95 Å².